The molecule has 0 atom stereocenters. The van der Waals surface area contributed by atoms with Gasteiger partial charge in [0.2, 0.25) is 0 Å². The molecule has 0 radical (unpaired) electrons. The van der Waals surface area contributed by atoms with E-state index in [4.69, 9.17) is 5.73 Å². The van der Waals surface area contributed by atoms with Crippen molar-refractivity contribution >= 4 is 5.69 Å². The van der Waals surface area contributed by atoms with Crippen LogP contribution in [0.25, 0.3) is 0 Å². The van der Waals surface area contributed by atoms with Gasteiger partial charge in [0.15, 0.2) is 0 Å². The quantitative estimate of drug-likeness (QED) is 0.538. The van der Waals surface area contributed by atoms with Gasteiger partial charge in [0.1, 0.15) is 0 Å². The van der Waals surface area contributed by atoms with Crippen LogP contribution in [-0.4, -0.2) is 23.9 Å². The van der Waals surface area contributed by atoms with E-state index < -0.39 is 35.4 Å². The minimum Gasteiger partial charge on any atom is -0.398 e. The van der Waals surface area contributed by atoms with Crippen molar-refractivity contribution in [2.75, 3.05) is 5.73 Å². The van der Waals surface area contributed by atoms with Crippen LogP contribution in [0.3, 0.4) is 0 Å². The van der Waals surface area contributed by atoms with Gasteiger partial charge in [0, 0.05) is 11.3 Å². The Morgan fingerprint density at radius 3 is 1.32 bits per heavy atom. The van der Waals surface area contributed by atoms with Crippen molar-refractivity contribution < 1.29 is 48.3 Å². The summed E-state index contributed by atoms with van der Waals surface area (Å²) in [5, 5.41) is 0. The van der Waals surface area contributed by atoms with Gasteiger partial charge in [-0.1, -0.05) is 0 Å². The largest absolute Gasteiger partial charge is 0.460 e. The minimum absolute atomic E-state index is 0.171. The van der Waals surface area contributed by atoms with Crippen molar-refractivity contribution in [3.8, 4) is 0 Å². The lowest BCUT2D eigenvalue weighted by atomic mass is 9.91. The molecule has 0 aliphatic rings. The van der Waals surface area contributed by atoms with Gasteiger partial charge >= 0.3 is 29.9 Å². The highest BCUT2D eigenvalue weighted by molar-refractivity contribution is 5.55. The molecule has 144 valence electrons. The SMILES string of the molecule is Cc1cc(C(F)(F)C(F)(F)C(F)(F)C(F)(F)C(F)(F)F)cc(C)c1N. The molecule has 0 spiro atoms. The molecule has 12 heteroatoms. The van der Waals surface area contributed by atoms with Crippen LogP contribution in [0, 0.1) is 13.8 Å². The third-order valence-electron chi connectivity index (χ3n) is 3.50. The molecular weight excluding hydrogens is 379 g/mol. The molecule has 0 amide bonds. The number of halogens is 11. The van der Waals surface area contributed by atoms with Gasteiger partial charge in [0.05, 0.1) is 0 Å². The fourth-order valence-corrected chi connectivity index (χ4v) is 1.91. The lowest BCUT2D eigenvalue weighted by Crippen LogP contribution is -2.65. The van der Waals surface area contributed by atoms with Crippen molar-refractivity contribution in [2.24, 2.45) is 0 Å². The fourth-order valence-electron chi connectivity index (χ4n) is 1.91. The van der Waals surface area contributed by atoms with Crippen LogP contribution in [0.4, 0.5) is 54.0 Å². The summed E-state index contributed by atoms with van der Waals surface area (Å²) in [5.74, 6) is -27.9. The molecule has 0 bridgehead atoms. The van der Waals surface area contributed by atoms with Gasteiger partial charge in [-0.05, 0) is 37.1 Å². The molecule has 1 nitrogen and oxygen atoms in total. The minimum atomic E-state index is -7.43. The van der Waals surface area contributed by atoms with E-state index in [9.17, 15) is 48.3 Å². The Labute approximate surface area is 133 Å². The summed E-state index contributed by atoms with van der Waals surface area (Å²) in [6.07, 6.45) is -7.18. The number of anilines is 1. The number of nitrogens with two attached hydrogens (primary N) is 1. The van der Waals surface area contributed by atoms with Crippen molar-refractivity contribution in [1.82, 2.24) is 0 Å². The molecule has 0 fully saturated rings. The molecule has 0 unspecified atom stereocenters. The summed E-state index contributed by atoms with van der Waals surface area (Å²) in [4.78, 5) is 0. The molecule has 0 heterocycles. The van der Waals surface area contributed by atoms with E-state index >= 15 is 0 Å². The van der Waals surface area contributed by atoms with Crippen molar-refractivity contribution in [3.63, 3.8) is 0 Å². The third-order valence-corrected chi connectivity index (χ3v) is 3.50. The highest BCUT2D eigenvalue weighted by Crippen LogP contribution is 2.59. The summed E-state index contributed by atoms with van der Waals surface area (Å²) in [6, 6.07) is 0.413. The van der Waals surface area contributed by atoms with Crippen molar-refractivity contribution in [1.29, 1.82) is 0 Å². The summed E-state index contributed by atoms with van der Waals surface area (Å²) in [7, 11) is 0. The van der Waals surface area contributed by atoms with Crippen LogP contribution in [0.1, 0.15) is 16.7 Å². The van der Waals surface area contributed by atoms with E-state index in [2.05, 4.69) is 0 Å². The van der Waals surface area contributed by atoms with E-state index in [0.29, 0.717) is 0 Å². The maximum atomic E-state index is 13.9. The average Bonchev–Trinajstić information content (AvgIpc) is 2.42. The third kappa shape index (κ3) is 2.88. The topological polar surface area (TPSA) is 26.0 Å². The lowest BCUT2D eigenvalue weighted by Gasteiger charge is -2.37. The first kappa shape index (κ1) is 21.3. The molecule has 1 aromatic rings. The van der Waals surface area contributed by atoms with Crippen LogP contribution < -0.4 is 5.73 Å². The predicted octanol–water partition coefficient (Wildman–Crippen LogP) is 5.45. The Kier molecular flexibility index (Phi) is 4.79. The smallest absolute Gasteiger partial charge is 0.398 e. The standard InChI is InChI=1S/C13H10F11N/c1-5-3-7(4-6(2)8(5)25)9(14,15)10(16,17)11(18,19)12(20,21)13(22,23)24/h3-4H,25H2,1-2H3. The second-order valence-electron chi connectivity index (χ2n) is 5.32. The molecule has 0 saturated carbocycles. The maximum absolute atomic E-state index is 13.9. The van der Waals surface area contributed by atoms with Crippen LogP contribution in [0.5, 0.6) is 0 Å². The monoisotopic (exact) mass is 389 g/mol. The number of alkyl halides is 11. The van der Waals surface area contributed by atoms with Crippen LogP contribution in [-0.2, 0) is 5.92 Å². The number of hydrogen-bond donors (Lipinski definition) is 1. The molecule has 0 aliphatic carbocycles. The Bertz CT molecular complexity index is 637. The second-order valence-corrected chi connectivity index (χ2v) is 5.32. The van der Waals surface area contributed by atoms with E-state index in [1.54, 1.807) is 0 Å². The predicted molar refractivity (Wildman–Crippen MR) is 65.1 cm³/mol. The van der Waals surface area contributed by atoms with E-state index in [0.717, 1.165) is 13.8 Å². The molecule has 1 aromatic carbocycles. The van der Waals surface area contributed by atoms with Gasteiger partial charge in [-0.15, -0.1) is 0 Å². The molecule has 1 rings (SSSR count). The summed E-state index contributed by atoms with van der Waals surface area (Å²) in [5.41, 5.74) is 2.76. The van der Waals surface area contributed by atoms with Gasteiger partial charge < -0.3 is 5.73 Å². The van der Waals surface area contributed by atoms with Gasteiger partial charge in [-0.3, -0.25) is 0 Å². The van der Waals surface area contributed by atoms with Gasteiger partial charge in [-0.2, -0.15) is 48.3 Å². The Balaban J connectivity index is 3.60. The Morgan fingerprint density at radius 2 is 1.00 bits per heavy atom. The number of benzene rings is 1. The number of nitrogen functional groups attached to an aromatic ring is 1. The number of hydrogen-bond acceptors (Lipinski definition) is 1. The van der Waals surface area contributed by atoms with Gasteiger partial charge in [-0.25, -0.2) is 0 Å². The van der Waals surface area contributed by atoms with E-state index in [1.165, 1.54) is 0 Å². The number of aryl methyl sites for hydroxylation is 2. The van der Waals surface area contributed by atoms with Crippen LogP contribution >= 0.6 is 0 Å². The van der Waals surface area contributed by atoms with Crippen LogP contribution in [0.15, 0.2) is 12.1 Å². The summed E-state index contributed by atoms with van der Waals surface area (Å²) < 4.78 is 143. The zero-order valence-corrected chi connectivity index (χ0v) is 12.4. The van der Waals surface area contributed by atoms with Crippen LogP contribution in [0.2, 0.25) is 0 Å². The molecule has 0 aliphatic heterocycles. The normalized spacial score (nSPS) is 14.8. The molecule has 0 saturated heterocycles. The zero-order valence-electron chi connectivity index (χ0n) is 12.4. The Morgan fingerprint density at radius 1 is 0.640 bits per heavy atom. The fraction of sp³-hybridized carbons (Fsp3) is 0.538. The molecular formula is C13H10F11N. The summed E-state index contributed by atoms with van der Waals surface area (Å²) in [6.45, 7) is 2.06. The first-order chi connectivity index (χ1) is 10.8. The van der Waals surface area contributed by atoms with Gasteiger partial charge in [0.25, 0.3) is 0 Å². The second kappa shape index (κ2) is 5.63. The highest BCUT2D eigenvalue weighted by Gasteiger charge is 2.87. The number of rotatable bonds is 4. The van der Waals surface area contributed by atoms with E-state index in [-0.39, 0.29) is 28.9 Å². The van der Waals surface area contributed by atoms with E-state index in [1.807, 2.05) is 0 Å². The lowest BCUT2D eigenvalue weighted by molar-refractivity contribution is -0.424. The highest BCUT2D eigenvalue weighted by atomic mass is 19.4. The zero-order chi connectivity index (χ0) is 20.2. The van der Waals surface area contributed by atoms with Crippen molar-refractivity contribution in [2.45, 2.75) is 43.7 Å². The average molecular weight is 389 g/mol. The summed E-state index contributed by atoms with van der Waals surface area (Å²) >= 11 is 0. The Hall–Kier alpha value is -1.75. The molecule has 25 heavy (non-hydrogen) atoms. The first-order valence-corrected chi connectivity index (χ1v) is 6.27. The molecule has 0 aromatic heterocycles. The first-order valence-electron chi connectivity index (χ1n) is 6.27. The maximum Gasteiger partial charge on any atom is 0.460 e. The molecule has 2 N–H and O–H groups in total. The van der Waals surface area contributed by atoms with Crippen molar-refractivity contribution in [3.05, 3.63) is 28.8 Å².